The molecule has 1 rings (SSSR count). The normalized spacial score (nSPS) is 25.4. The van der Waals surface area contributed by atoms with Crippen molar-refractivity contribution in [3.8, 4) is 0 Å². The third-order valence-corrected chi connectivity index (χ3v) is 3.94. The van der Waals surface area contributed by atoms with Crippen LogP contribution in [-0.4, -0.2) is 11.6 Å². The quantitative estimate of drug-likeness (QED) is 0.598. The summed E-state index contributed by atoms with van der Waals surface area (Å²) in [4.78, 5) is 23.5. The summed E-state index contributed by atoms with van der Waals surface area (Å²) in [6.07, 6.45) is 14.8. The van der Waals surface area contributed by atoms with Crippen LogP contribution in [0.5, 0.6) is 0 Å². The Kier molecular flexibility index (Phi) is 8.44. The van der Waals surface area contributed by atoms with Crippen molar-refractivity contribution in [3.05, 3.63) is 12.2 Å². The summed E-state index contributed by atoms with van der Waals surface area (Å²) >= 11 is 0. The van der Waals surface area contributed by atoms with Crippen molar-refractivity contribution in [2.24, 2.45) is 5.92 Å². The predicted molar refractivity (Wildman–Crippen MR) is 79.1 cm³/mol. The van der Waals surface area contributed by atoms with Gasteiger partial charge in [0.15, 0.2) is 0 Å². The Morgan fingerprint density at radius 3 is 2.37 bits per heavy atom. The lowest BCUT2D eigenvalue weighted by atomic mass is 9.95. The van der Waals surface area contributed by atoms with Gasteiger partial charge in [-0.1, -0.05) is 31.9 Å². The molecular formula is C17H28O2. The monoisotopic (exact) mass is 264 g/mol. The predicted octanol–water partition coefficient (Wildman–Crippen LogP) is 4.62. The van der Waals surface area contributed by atoms with E-state index in [2.05, 4.69) is 12.2 Å². The van der Waals surface area contributed by atoms with Gasteiger partial charge in [0.25, 0.3) is 0 Å². The zero-order valence-corrected chi connectivity index (χ0v) is 12.3. The highest BCUT2D eigenvalue weighted by Crippen LogP contribution is 2.14. The largest absolute Gasteiger partial charge is 0.300 e. The van der Waals surface area contributed by atoms with Crippen molar-refractivity contribution in [1.82, 2.24) is 0 Å². The number of hydrogen-bond acceptors (Lipinski definition) is 2. The van der Waals surface area contributed by atoms with Crippen LogP contribution in [0.15, 0.2) is 12.2 Å². The second-order valence-corrected chi connectivity index (χ2v) is 5.76. The Balaban J connectivity index is 2.39. The number of carbonyl (C=O) groups is 2. The molecular weight excluding hydrogens is 236 g/mol. The molecule has 0 spiro atoms. The van der Waals surface area contributed by atoms with Crippen LogP contribution in [0.25, 0.3) is 0 Å². The molecule has 19 heavy (non-hydrogen) atoms. The Labute approximate surface area is 117 Å². The van der Waals surface area contributed by atoms with E-state index in [1.807, 2.05) is 6.92 Å². The molecule has 108 valence electrons. The molecule has 0 saturated carbocycles. The Morgan fingerprint density at radius 1 is 0.842 bits per heavy atom. The van der Waals surface area contributed by atoms with Crippen molar-refractivity contribution in [2.45, 2.75) is 77.6 Å². The maximum atomic E-state index is 11.9. The van der Waals surface area contributed by atoms with Crippen molar-refractivity contribution < 1.29 is 9.59 Å². The summed E-state index contributed by atoms with van der Waals surface area (Å²) in [6, 6.07) is 0. The van der Waals surface area contributed by atoms with Gasteiger partial charge in [0.05, 0.1) is 0 Å². The van der Waals surface area contributed by atoms with Crippen molar-refractivity contribution in [2.75, 3.05) is 0 Å². The van der Waals surface area contributed by atoms with E-state index in [4.69, 9.17) is 0 Å². The van der Waals surface area contributed by atoms with Gasteiger partial charge in [-0.25, -0.2) is 0 Å². The maximum absolute atomic E-state index is 11.9. The molecule has 1 atom stereocenters. The maximum Gasteiger partial charge on any atom is 0.135 e. The molecule has 0 fully saturated rings. The fourth-order valence-corrected chi connectivity index (χ4v) is 2.51. The minimum absolute atomic E-state index is 0.146. The first-order valence-electron chi connectivity index (χ1n) is 7.89. The van der Waals surface area contributed by atoms with E-state index in [0.717, 1.165) is 38.5 Å². The van der Waals surface area contributed by atoms with E-state index in [-0.39, 0.29) is 5.92 Å². The topological polar surface area (TPSA) is 34.1 Å². The average Bonchev–Trinajstić information content (AvgIpc) is 2.39. The summed E-state index contributed by atoms with van der Waals surface area (Å²) in [7, 11) is 0. The number of rotatable bonds is 0. The average molecular weight is 264 g/mol. The van der Waals surface area contributed by atoms with Crippen LogP contribution in [0.4, 0.5) is 0 Å². The van der Waals surface area contributed by atoms with Crippen LogP contribution in [0.1, 0.15) is 77.6 Å². The lowest BCUT2D eigenvalue weighted by Crippen LogP contribution is -2.11. The molecule has 1 aliphatic rings. The molecule has 0 heterocycles. The lowest BCUT2D eigenvalue weighted by molar-refractivity contribution is -0.123. The molecule has 0 aromatic carbocycles. The number of carbonyl (C=O) groups excluding carboxylic acids is 2. The van der Waals surface area contributed by atoms with E-state index in [1.54, 1.807) is 0 Å². The van der Waals surface area contributed by atoms with Gasteiger partial charge >= 0.3 is 0 Å². The molecule has 1 unspecified atom stereocenters. The molecule has 0 saturated heterocycles. The zero-order chi connectivity index (χ0) is 13.9. The van der Waals surface area contributed by atoms with Crippen molar-refractivity contribution >= 4 is 11.6 Å². The molecule has 0 aromatic rings. The molecule has 0 bridgehead atoms. The van der Waals surface area contributed by atoms with Crippen molar-refractivity contribution in [1.29, 1.82) is 0 Å². The van der Waals surface area contributed by atoms with Crippen LogP contribution >= 0.6 is 0 Å². The molecule has 0 aliphatic heterocycles. The minimum atomic E-state index is 0.146. The Bertz CT molecular complexity index is 304. The standard InChI is InChI=1S/C17H28O2/c1-15-11-8-6-4-2-3-5-7-9-12-16(18)13-10-14-17(15)19/h4,6,15H,2-3,5,7-14H2,1H3. The highest BCUT2D eigenvalue weighted by Gasteiger charge is 2.12. The van der Waals surface area contributed by atoms with Gasteiger partial charge in [-0.05, 0) is 38.5 Å². The smallest absolute Gasteiger partial charge is 0.135 e. The van der Waals surface area contributed by atoms with Crippen LogP contribution in [0.2, 0.25) is 0 Å². The van der Waals surface area contributed by atoms with E-state index in [9.17, 15) is 9.59 Å². The van der Waals surface area contributed by atoms with E-state index in [1.165, 1.54) is 12.8 Å². The zero-order valence-electron chi connectivity index (χ0n) is 12.3. The van der Waals surface area contributed by atoms with E-state index < -0.39 is 0 Å². The summed E-state index contributed by atoms with van der Waals surface area (Å²) < 4.78 is 0. The Morgan fingerprint density at radius 2 is 1.53 bits per heavy atom. The molecule has 2 heteroatoms. The summed E-state index contributed by atoms with van der Waals surface area (Å²) in [5.41, 5.74) is 0. The number of ketones is 2. The molecule has 0 N–H and O–H groups in total. The molecule has 1 aliphatic carbocycles. The summed E-state index contributed by atoms with van der Waals surface area (Å²) in [5.74, 6) is 0.813. The minimum Gasteiger partial charge on any atom is -0.300 e. The summed E-state index contributed by atoms with van der Waals surface area (Å²) in [5, 5.41) is 0. The van der Waals surface area contributed by atoms with E-state index >= 15 is 0 Å². The van der Waals surface area contributed by atoms with Crippen LogP contribution in [0.3, 0.4) is 0 Å². The number of allylic oxidation sites excluding steroid dienone is 2. The first kappa shape index (κ1) is 16.1. The second kappa shape index (κ2) is 9.94. The Hall–Kier alpha value is -0.920. The number of hydrogen-bond donors (Lipinski definition) is 0. The highest BCUT2D eigenvalue weighted by molar-refractivity contribution is 5.82. The summed E-state index contributed by atoms with van der Waals surface area (Å²) in [6.45, 7) is 2.02. The SMILES string of the molecule is CC1CCC=CCCCCCCC(=O)CCCC1=O. The van der Waals surface area contributed by atoms with Gasteiger partial charge in [0, 0.05) is 25.2 Å². The van der Waals surface area contributed by atoms with Crippen molar-refractivity contribution in [3.63, 3.8) is 0 Å². The first-order chi connectivity index (χ1) is 9.20. The third kappa shape index (κ3) is 7.97. The molecule has 2 nitrogen and oxygen atoms in total. The lowest BCUT2D eigenvalue weighted by Gasteiger charge is -2.09. The third-order valence-electron chi connectivity index (χ3n) is 3.94. The van der Waals surface area contributed by atoms with Gasteiger partial charge < -0.3 is 0 Å². The van der Waals surface area contributed by atoms with E-state index in [0.29, 0.717) is 30.8 Å². The molecule has 0 aromatic heterocycles. The fraction of sp³-hybridized carbons (Fsp3) is 0.765. The van der Waals surface area contributed by atoms with Gasteiger partial charge in [0.1, 0.15) is 11.6 Å². The van der Waals surface area contributed by atoms with Crippen LogP contribution in [0, 0.1) is 5.92 Å². The second-order valence-electron chi connectivity index (χ2n) is 5.76. The molecule has 0 amide bonds. The van der Waals surface area contributed by atoms with Gasteiger partial charge in [-0.15, -0.1) is 0 Å². The van der Waals surface area contributed by atoms with Gasteiger partial charge in [-0.3, -0.25) is 9.59 Å². The van der Waals surface area contributed by atoms with Gasteiger partial charge in [0.2, 0.25) is 0 Å². The highest BCUT2D eigenvalue weighted by atomic mass is 16.1. The fourth-order valence-electron chi connectivity index (χ4n) is 2.51. The van der Waals surface area contributed by atoms with Crippen LogP contribution < -0.4 is 0 Å². The first-order valence-corrected chi connectivity index (χ1v) is 7.89. The van der Waals surface area contributed by atoms with Gasteiger partial charge in [-0.2, -0.15) is 0 Å². The number of Topliss-reactive ketones (excluding diaryl/α,β-unsaturated/α-hetero) is 2. The van der Waals surface area contributed by atoms with Crippen LogP contribution in [-0.2, 0) is 9.59 Å². The molecule has 0 radical (unpaired) electrons.